The van der Waals surface area contributed by atoms with Gasteiger partial charge in [0.1, 0.15) is 22.1 Å². The van der Waals surface area contributed by atoms with Crippen LogP contribution in [-0.4, -0.2) is 17.1 Å². The van der Waals surface area contributed by atoms with E-state index >= 15 is 0 Å². The Morgan fingerprint density at radius 3 is 2.58 bits per heavy atom. The molecular formula is C24H17F2N3O3S. The van der Waals surface area contributed by atoms with Crippen molar-refractivity contribution in [2.45, 2.75) is 12.8 Å². The van der Waals surface area contributed by atoms with Gasteiger partial charge in [0.15, 0.2) is 0 Å². The highest BCUT2D eigenvalue weighted by Gasteiger charge is 2.36. The van der Waals surface area contributed by atoms with Crippen molar-refractivity contribution >= 4 is 34.8 Å². The van der Waals surface area contributed by atoms with Crippen LogP contribution in [0.4, 0.5) is 8.78 Å². The van der Waals surface area contributed by atoms with E-state index in [9.17, 15) is 23.6 Å². The summed E-state index contributed by atoms with van der Waals surface area (Å²) in [6.45, 7) is 1.68. The van der Waals surface area contributed by atoms with Gasteiger partial charge in [-0.2, -0.15) is 5.26 Å². The second kappa shape index (κ2) is 8.84. The number of rotatable bonds is 4. The van der Waals surface area contributed by atoms with Crippen molar-refractivity contribution in [2.24, 2.45) is 5.73 Å². The first-order valence-electron chi connectivity index (χ1n) is 9.91. The SMILES string of the molecule is CCOC(=O)C1=c2s/c(=C/c3cccc(F)c3)c(=O)n2C(N)=C(C#N)[C@@H]1c1cccc(F)c1. The molecule has 9 heteroatoms. The molecule has 33 heavy (non-hydrogen) atoms. The molecule has 0 amide bonds. The molecule has 2 N–H and O–H groups in total. The number of esters is 1. The quantitative estimate of drug-likeness (QED) is 0.596. The summed E-state index contributed by atoms with van der Waals surface area (Å²) in [6, 6.07) is 13.1. The minimum absolute atomic E-state index is 0.00851. The van der Waals surface area contributed by atoms with Crippen LogP contribution in [0.5, 0.6) is 0 Å². The number of ether oxygens (including phenoxy) is 1. The maximum absolute atomic E-state index is 14.0. The van der Waals surface area contributed by atoms with Gasteiger partial charge in [-0.05, 0) is 48.4 Å². The van der Waals surface area contributed by atoms with Crippen LogP contribution in [-0.2, 0) is 9.53 Å². The number of halogens is 2. The van der Waals surface area contributed by atoms with Crippen LogP contribution in [0.15, 0.2) is 58.9 Å². The molecule has 2 aromatic carbocycles. The van der Waals surface area contributed by atoms with Crippen LogP contribution in [0.2, 0.25) is 0 Å². The van der Waals surface area contributed by atoms with E-state index in [0.29, 0.717) is 11.1 Å². The number of fused-ring (bicyclic) bond motifs is 1. The van der Waals surface area contributed by atoms with Crippen LogP contribution in [0, 0.1) is 23.0 Å². The fraction of sp³-hybridized carbons (Fsp3) is 0.125. The summed E-state index contributed by atoms with van der Waals surface area (Å²) >= 11 is 0.961. The highest BCUT2D eigenvalue weighted by Crippen LogP contribution is 2.36. The minimum Gasteiger partial charge on any atom is -0.463 e. The number of thiazole rings is 1. The molecule has 0 radical (unpaired) electrons. The topological polar surface area (TPSA) is 98.1 Å². The number of carbonyl (C=O) groups excluding carboxylic acids is 1. The van der Waals surface area contributed by atoms with E-state index in [1.54, 1.807) is 19.1 Å². The molecule has 3 aromatic rings. The summed E-state index contributed by atoms with van der Waals surface area (Å²) in [4.78, 5) is 26.2. The molecule has 6 nitrogen and oxygen atoms in total. The third-order valence-corrected chi connectivity index (χ3v) is 6.20. The van der Waals surface area contributed by atoms with Crippen LogP contribution in [0.25, 0.3) is 17.5 Å². The van der Waals surface area contributed by atoms with Crippen LogP contribution >= 0.6 is 11.3 Å². The number of carbonyl (C=O) groups is 1. The molecule has 0 aliphatic carbocycles. The summed E-state index contributed by atoms with van der Waals surface area (Å²) in [5, 5.41) is 9.87. The molecular weight excluding hydrogens is 448 g/mol. The molecule has 4 rings (SSSR count). The number of nitrogens with two attached hydrogens (primary N) is 1. The molecule has 2 heterocycles. The molecule has 1 aliphatic heterocycles. The van der Waals surface area contributed by atoms with Crippen molar-refractivity contribution in [3.63, 3.8) is 0 Å². The summed E-state index contributed by atoms with van der Waals surface area (Å²) < 4.78 is 34.3. The van der Waals surface area contributed by atoms with Crippen LogP contribution in [0.1, 0.15) is 24.0 Å². The van der Waals surface area contributed by atoms with Crippen molar-refractivity contribution in [1.29, 1.82) is 5.26 Å². The summed E-state index contributed by atoms with van der Waals surface area (Å²) in [7, 11) is 0. The number of benzene rings is 2. The normalized spacial score (nSPS) is 15.9. The van der Waals surface area contributed by atoms with E-state index in [0.717, 1.165) is 15.9 Å². The van der Waals surface area contributed by atoms with Crippen molar-refractivity contribution in [1.82, 2.24) is 4.57 Å². The monoisotopic (exact) mass is 465 g/mol. The van der Waals surface area contributed by atoms with E-state index in [1.807, 2.05) is 6.07 Å². The Morgan fingerprint density at radius 2 is 1.94 bits per heavy atom. The van der Waals surface area contributed by atoms with Crippen molar-refractivity contribution in [3.8, 4) is 6.07 Å². The fourth-order valence-electron chi connectivity index (χ4n) is 3.72. The number of nitrogens with zero attached hydrogens (tertiary/aromatic N) is 2. The highest BCUT2D eigenvalue weighted by molar-refractivity contribution is 7.07. The third-order valence-electron chi connectivity index (χ3n) is 5.09. The smallest absolute Gasteiger partial charge is 0.338 e. The Kier molecular flexibility index (Phi) is 5.94. The molecule has 0 fully saturated rings. The lowest BCUT2D eigenvalue weighted by Crippen LogP contribution is -2.40. The standard InChI is InChI=1S/C24H17F2N3O3S/c1-2-32-24(31)20-19(14-6-4-8-16(26)11-14)17(12-27)21(28)29-22(30)18(33-23(20)29)10-13-5-3-7-15(25)9-13/h3-11,19H,2,28H2,1H3/b18-10+/t19-/m0/s1. The van der Waals surface area contributed by atoms with Gasteiger partial charge in [0, 0.05) is 0 Å². The predicted molar refractivity (Wildman–Crippen MR) is 120 cm³/mol. The largest absolute Gasteiger partial charge is 0.463 e. The van der Waals surface area contributed by atoms with Crippen molar-refractivity contribution in [3.05, 3.63) is 96.4 Å². The van der Waals surface area contributed by atoms with E-state index in [2.05, 4.69) is 0 Å². The van der Waals surface area contributed by atoms with E-state index in [-0.39, 0.29) is 32.8 Å². The Labute approximate surface area is 190 Å². The molecule has 0 spiro atoms. The lowest BCUT2D eigenvalue weighted by Gasteiger charge is -2.24. The van der Waals surface area contributed by atoms with Gasteiger partial charge in [0.2, 0.25) is 0 Å². The fourth-order valence-corrected chi connectivity index (χ4v) is 4.89. The maximum Gasteiger partial charge on any atom is 0.338 e. The van der Waals surface area contributed by atoms with Crippen molar-refractivity contribution < 1.29 is 18.3 Å². The van der Waals surface area contributed by atoms with Crippen LogP contribution in [0.3, 0.4) is 0 Å². The van der Waals surface area contributed by atoms with Gasteiger partial charge in [-0.15, -0.1) is 11.3 Å². The molecule has 0 unspecified atom stereocenters. The molecule has 1 atom stereocenters. The average molecular weight is 465 g/mol. The van der Waals surface area contributed by atoms with E-state index < -0.39 is 29.1 Å². The van der Waals surface area contributed by atoms with Gasteiger partial charge in [-0.3, -0.25) is 9.36 Å². The van der Waals surface area contributed by atoms with E-state index in [4.69, 9.17) is 10.5 Å². The third kappa shape index (κ3) is 3.97. The molecule has 0 saturated heterocycles. The van der Waals surface area contributed by atoms with E-state index in [1.165, 1.54) is 42.5 Å². The van der Waals surface area contributed by atoms with Gasteiger partial charge < -0.3 is 10.5 Å². The summed E-state index contributed by atoms with van der Waals surface area (Å²) in [5.74, 6) is -2.96. The van der Waals surface area contributed by atoms with Gasteiger partial charge >= 0.3 is 5.97 Å². The summed E-state index contributed by atoms with van der Waals surface area (Å²) in [5.41, 5.74) is 6.35. The summed E-state index contributed by atoms with van der Waals surface area (Å²) in [6.07, 6.45) is 1.47. The number of nitriles is 1. The zero-order valence-corrected chi connectivity index (χ0v) is 18.2. The van der Waals surface area contributed by atoms with Crippen molar-refractivity contribution in [2.75, 3.05) is 6.61 Å². The Hall–Kier alpha value is -4.03. The molecule has 1 aliphatic rings. The molecule has 0 saturated carbocycles. The van der Waals surface area contributed by atoms with Gasteiger partial charge in [0.25, 0.3) is 5.56 Å². The lowest BCUT2D eigenvalue weighted by atomic mass is 9.84. The zero-order valence-electron chi connectivity index (χ0n) is 17.3. The first kappa shape index (κ1) is 22.2. The maximum atomic E-state index is 14.0. The minimum atomic E-state index is -1.02. The number of allylic oxidation sites excluding steroid dienone is 1. The second-order valence-corrected chi connectivity index (χ2v) is 8.17. The van der Waals surface area contributed by atoms with Crippen LogP contribution < -0.4 is 20.5 Å². The Bertz CT molecular complexity index is 1530. The molecule has 166 valence electrons. The highest BCUT2D eigenvalue weighted by atomic mass is 32.1. The zero-order chi connectivity index (χ0) is 23.7. The first-order chi connectivity index (χ1) is 15.8. The predicted octanol–water partition coefficient (Wildman–Crippen LogP) is 2.18. The molecule has 1 aromatic heterocycles. The number of hydrogen-bond acceptors (Lipinski definition) is 6. The number of hydrogen-bond donors (Lipinski definition) is 1. The first-order valence-corrected chi connectivity index (χ1v) is 10.7. The lowest BCUT2D eigenvalue weighted by molar-refractivity contribution is -0.136. The van der Waals surface area contributed by atoms with Gasteiger partial charge in [-0.25, -0.2) is 13.6 Å². The number of aromatic nitrogens is 1. The van der Waals surface area contributed by atoms with Gasteiger partial charge in [0.05, 0.1) is 34.3 Å². The molecule has 0 bridgehead atoms. The average Bonchev–Trinajstić information content (AvgIpc) is 3.09. The Balaban J connectivity index is 2.10. The second-order valence-electron chi connectivity index (χ2n) is 7.14. The van der Waals surface area contributed by atoms with Gasteiger partial charge in [-0.1, -0.05) is 24.3 Å². The Morgan fingerprint density at radius 1 is 1.24 bits per heavy atom.